The van der Waals surface area contributed by atoms with E-state index < -0.39 is 0 Å². The molecule has 1 aromatic carbocycles. The topological polar surface area (TPSA) is 26.3 Å². The molecule has 4 aliphatic rings. The zero-order valence-corrected chi connectivity index (χ0v) is 22.7. The van der Waals surface area contributed by atoms with Gasteiger partial charge in [0.25, 0.3) is 0 Å². The average molecular weight is 467 g/mol. The van der Waals surface area contributed by atoms with E-state index >= 15 is 0 Å². The predicted octanol–water partition coefficient (Wildman–Crippen LogP) is 6.59. The molecule has 2 nitrogen and oxygen atoms in total. The summed E-state index contributed by atoms with van der Waals surface area (Å²) in [5, 5.41) is 2.38. The van der Waals surface area contributed by atoms with Gasteiger partial charge in [-0.1, -0.05) is 97.9 Å². The van der Waals surface area contributed by atoms with E-state index in [1.54, 1.807) is 0 Å². The second kappa shape index (κ2) is 7.32. The molecule has 35 heavy (non-hydrogen) atoms. The number of allylic oxidation sites excluding steroid dienone is 10. The second-order valence-electron chi connectivity index (χ2n) is 12.8. The number of carbonyl (C=O) groups is 1. The van der Waals surface area contributed by atoms with Crippen molar-refractivity contribution in [3.63, 3.8) is 0 Å². The molecule has 0 saturated heterocycles. The average Bonchev–Trinajstić information content (AvgIpc) is 2.76. The second-order valence-corrected chi connectivity index (χ2v) is 12.8. The molecule has 0 saturated carbocycles. The van der Waals surface area contributed by atoms with Gasteiger partial charge in [-0.25, -0.2) is 4.79 Å². The Morgan fingerprint density at radius 3 is 1.71 bits per heavy atom. The number of hydrogen-bond acceptors (Lipinski definition) is 2. The third-order valence-corrected chi connectivity index (χ3v) is 8.74. The van der Waals surface area contributed by atoms with Crippen molar-refractivity contribution in [3.05, 3.63) is 92.9 Å². The van der Waals surface area contributed by atoms with Crippen LogP contribution in [0.1, 0.15) is 72.7 Å². The van der Waals surface area contributed by atoms with Crippen molar-refractivity contribution >= 4 is 17.1 Å². The van der Waals surface area contributed by atoms with Crippen LogP contribution < -0.4 is 10.4 Å². The van der Waals surface area contributed by atoms with Gasteiger partial charge in [-0.3, -0.25) is 0 Å². The van der Waals surface area contributed by atoms with Crippen molar-refractivity contribution in [1.29, 1.82) is 0 Å². The maximum absolute atomic E-state index is 12.8. The van der Waals surface area contributed by atoms with Gasteiger partial charge < -0.3 is 4.74 Å². The van der Waals surface area contributed by atoms with Crippen LogP contribution in [0.2, 0.25) is 0 Å². The zero-order chi connectivity index (χ0) is 25.6. The number of carbonyl (C=O) groups excluding carboxylic acids is 1. The number of benzene rings is 1. The van der Waals surface area contributed by atoms with Gasteiger partial charge in [0.1, 0.15) is 0 Å². The van der Waals surface area contributed by atoms with Gasteiger partial charge in [-0.2, -0.15) is 0 Å². The minimum absolute atomic E-state index is 0.0149. The molecule has 0 heterocycles. The molecular weight excluding hydrogens is 428 g/mol. The molecule has 0 N–H and O–H groups in total. The highest BCUT2D eigenvalue weighted by atomic mass is 16.5. The first kappa shape index (κ1) is 23.9. The predicted molar refractivity (Wildman–Crippen MR) is 145 cm³/mol. The molecule has 2 atom stereocenters. The summed E-state index contributed by atoms with van der Waals surface area (Å²) in [4.78, 5) is 12.8. The van der Waals surface area contributed by atoms with Gasteiger partial charge in [-0.05, 0) is 73.8 Å². The normalized spacial score (nSPS) is 26.8. The molecule has 0 amide bonds. The zero-order valence-electron chi connectivity index (χ0n) is 22.7. The quantitative estimate of drug-likeness (QED) is 0.460. The van der Waals surface area contributed by atoms with Crippen LogP contribution in [0.25, 0.3) is 11.1 Å². The van der Waals surface area contributed by atoms with E-state index in [2.05, 4.69) is 104 Å². The summed E-state index contributed by atoms with van der Waals surface area (Å²) >= 11 is 0. The summed E-state index contributed by atoms with van der Waals surface area (Å²) in [6, 6.07) is 6.15. The van der Waals surface area contributed by atoms with Gasteiger partial charge >= 0.3 is 5.97 Å². The molecule has 0 bridgehead atoms. The fourth-order valence-electron chi connectivity index (χ4n) is 6.25. The molecule has 5 rings (SSSR count). The molecule has 0 spiro atoms. The summed E-state index contributed by atoms with van der Waals surface area (Å²) in [6.07, 6.45) is 14.3. The first-order valence-electron chi connectivity index (χ1n) is 12.9. The molecule has 0 fully saturated rings. The maximum Gasteiger partial charge on any atom is 0.338 e. The first-order valence-corrected chi connectivity index (χ1v) is 12.9. The largest absolute Gasteiger partial charge is 0.462 e. The number of hydrogen-bond donors (Lipinski definition) is 0. The molecule has 1 aromatic rings. The molecule has 0 radical (unpaired) electrons. The van der Waals surface area contributed by atoms with E-state index in [1.165, 1.54) is 38.7 Å². The lowest BCUT2D eigenvalue weighted by Crippen LogP contribution is -2.54. The number of ether oxygens (including phenoxy) is 1. The van der Waals surface area contributed by atoms with Crippen LogP contribution in [0.3, 0.4) is 0 Å². The lowest BCUT2D eigenvalue weighted by molar-refractivity contribution is 0.0526. The van der Waals surface area contributed by atoms with Crippen LogP contribution in [0, 0.1) is 21.7 Å². The minimum atomic E-state index is -0.260. The van der Waals surface area contributed by atoms with E-state index in [0.29, 0.717) is 12.2 Å². The van der Waals surface area contributed by atoms with E-state index in [0.717, 1.165) is 5.22 Å². The highest BCUT2D eigenvalue weighted by Crippen LogP contribution is 2.66. The van der Waals surface area contributed by atoms with Crippen LogP contribution in [0.5, 0.6) is 0 Å². The Balaban J connectivity index is 1.99. The summed E-state index contributed by atoms with van der Waals surface area (Å²) in [7, 11) is 0. The number of fused-ring (bicyclic) bond motifs is 1. The van der Waals surface area contributed by atoms with Crippen molar-refractivity contribution in [1.82, 2.24) is 0 Å². The van der Waals surface area contributed by atoms with Crippen LogP contribution in [-0.2, 0) is 4.74 Å². The summed E-state index contributed by atoms with van der Waals surface area (Å²) in [5.41, 5.74) is 8.24. The van der Waals surface area contributed by atoms with Crippen LogP contribution in [0.4, 0.5) is 0 Å². The number of esters is 1. The van der Waals surface area contributed by atoms with Crippen molar-refractivity contribution in [2.45, 2.75) is 62.3 Å². The van der Waals surface area contributed by atoms with Crippen LogP contribution in [-0.4, -0.2) is 12.6 Å². The van der Waals surface area contributed by atoms with Crippen molar-refractivity contribution in [3.8, 4) is 0 Å². The Bertz CT molecular complexity index is 1440. The number of rotatable bonds is 2. The van der Waals surface area contributed by atoms with Gasteiger partial charge in [0.15, 0.2) is 0 Å². The van der Waals surface area contributed by atoms with Crippen molar-refractivity contribution in [2.75, 3.05) is 6.61 Å². The molecular formula is C33H38O2. The lowest BCUT2D eigenvalue weighted by atomic mass is 9.45. The highest BCUT2D eigenvalue weighted by Gasteiger charge is 2.57. The van der Waals surface area contributed by atoms with E-state index in [1.807, 2.05) is 13.0 Å². The van der Waals surface area contributed by atoms with Gasteiger partial charge in [-0.15, -0.1) is 0 Å². The Hall–Kier alpha value is -2.87. The van der Waals surface area contributed by atoms with Crippen LogP contribution >= 0.6 is 0 Å². The Morgan fingerprint density at radius 2 is 1.26 bits per heavy atom. The molecule has 182 valence electrons. The van der Waals surface area contributed by atoms with Crippen LogP contribution in [0.15, 0.2) is 76.9 Å². The van der Waals surface area contributed by atoms with Crippen molar-refractivity contribution in [2.24, 2.45) is 21.7 Å². The standard InChI is InChI=1S/C33H38O2/c1-10-35-29(34)20-11-14-25-26(15-20)28-19-24(31(5,6)7)17-22-13-12-21-16-23(30(2,3)4)18-27(25)32(21,8)33(22,28)9/h11-19H,10H2,1-9H3/t32-,33-/m0/s1. The van der Waals surface area contributed by atoms with E-state index in [9.17, 15) is 4.79 Å². The smallest absolute Gasteiger partial charge is 0.338 e. The molecule has 0 aliphatic heterocycles. The molecule has 2 heteroatoms. The van der Waals surface area contributed by atoms with Crippen molar-refractivity contribution < 1.29 is 9.53 Å². The SMILES string of the molecule is CCOC(=O)c1ccc2c(c1)=C1C=C(C(C)(C)C)C=C3C=CC4=CC(C(C)(C)C)=CC=2[C@@]4(C)[C@@]31C. The van der Waals surface area contributed by atoms with Gasteiger partial charge in [0, 0.05) is 10.8 Å². The first-order chi connectivity index (χ1) is 16.2. The molecule has 0 aromatic heterocycles. The van der Waals surface area contributed by atoms with E-state index in [-0.39, 0.29) is 27.6 Å². The summed E-state index contributed by atoms with van der Waals surface area (Å²) < 4.78 is 5.38. The highest BCUT2D eigenvalue weighted by molar-refractivity contribution is 5.92. The van der Waals surface area contributed by atoms with Gasteiger partial charge in [0.2, 0.25) is 0 Å². The molecule has 0 unspecified atom stereocenters. The van der Waals surface area contributed by atoms with Gasteiger partial charge in [0.05, 0.1) is 12.2 Å². The molecule has 4 aliphatic carbocycles. The lowest BCUT2D eigenvalue weighted by Gasteiger charge is -2.57. The maximum atomic E-state index is 12.8. The Kier molecular flexibility index (Phi) is 4.99. The van der Waals surface area contributed by atoms with E-state index in [4.69, 9.17) is 4.74 Å². The minimum Gasteiger partial charge on any atom is -0.462 e. The monoisotopic (exact) mass is 466 g/mol. The summed E-state index contributed by atoms with van der Waals surface area (Å²) in [6.45, 7) is 20.7. The third-order valence-electron chi connectivity index (χ3n) is 8.74. The third kappa shape index (κ3) is 3.18. The Labute approximate surface area is 210 Å². The fourth-order valence-corrected chi connectivity index (χ4v) is 6.25. The summed E-state index contributed by atoms with van der Waals surface area (Å²) in [5.74, 6) is -0.260. The Morgan fingerprint density at radius 1 is 0.771 bits per heavy atom. The fraction of sp³-hybridized carbons (Fsp3) is 0.424.